The Hall–Kier alpha value is -2.26. The number of halogens is 2. The molecule has 5 aliphatic rings. The van der Waals surface area contributed by atoms with Crippen LogP contribution >= 0.6 is 0 Å². The van der Waals surface area contributed by atoms with Crippen LogP contribution in [-0.4, -0.2) is 67.4 Å². The van der Waals surface area contributed by atoms with Gasteiger partial charge in [0.05, 0.1) is 30.9 Å². The Bertz CT molecular complexity index is 901. The number of carbonyl (C=O) groups is 2. The third-order valence-corrected chi connectivity index (χ3v) is 7.32. The average molecular weight is 450 g/mol. The van der Waals surface area contributed by atoms with Crippen LogP contribution in [0.2, 0.25) is 0 Å². The molecule has 1 saturated carbocycles. The highest BCUT2D eigenvalue weighted by atomic mass is 19.1. The van der Waals surface area contributed by atoms with Gasteiger partial charge in [0, 0.05) is 24.2 Å². The van der Waals surface area contributed by atoms with Gasteiger partial charge >= 0.3 is 0 Å². The van der Waals surface area contributed by atoms with Gasteiger partial charge in [-0.05, 0) is 44.4 Å². The summed E-state index contributed by atoms with van der Waals surface area (Å²) in [7, 11) is 0. The Morgan fingerprint density at radius 1 is 1.09 bits per heavy atom. The van der Waals surface area contributed by atoms with Gasteiger partial charge in [-0.1, -0.05) is 0 Å². The van der Waals surface area contributed by atoms with Crippen LogP contribution < -0.4 is 10.1 Å². The van der Waals surface area contributed by atoms with Gasteiger partial charge in [-0.2, -0.15) is 0 Å². The Balaban J connectivity index is 1.48. The van der Waals surface area contributed by atoms with Crippen molar-refractivity contribution in [3.63, 3.8) is 0 Å². The lowest BCUT2D eigenvalue weighted by molar-refractivity contribution is -0.156. The molecule has 32 heavy (non-hydrogen) atoms. The summed E-state index contributed by atoms with van der Waals surface area (Å²) in [5.41, 5.74) is -0.368. The molecule has 2 saturated heterocycles. The van der Waals surface area contributed by atoms with Crippen LogP contribution in [0.3, 0.4) is 0 Å². The summed E-state index contributed by atoms with van der Waals surface area (Å²) in [5, 5.41) is 3.07. The third kappa shape index (κ3) is 3.96. The maximum atomic E-state index is 14.7. The highest BCUT2D eigenvalue weighted by Crippen LogP contribution is 2.41. The molecule has 9 heteroatoms. The molecule has 1 aromatic carbocycles. The van der Waals surface area contributed by atoms with Crippen LogP contribution in [0.5, 0.6) is 5.75 Å². The number of nitrogens with zero attached hydrogens (tertiary/aromatic N) is 1. The van der Waals surface area contributed by atoms with E-state index in [4.69, 9.17) is 14.2 Å². The Labute approximate surface area is 185 Å². The molecule has 3 fully saturated rings. The van der Waals surface area contributed by atoms with E-state index in [0.29, 0.717) is 44.4 Å². The molecule has 2 atom stereocenters. The van der Waals surface area contributed by atoms with E-state index in [9.17, 15) is 18.4 Å². The van der Waals surface area contributed by atoms with Crippen LogP contribution in [0.15, 0.2) is 12.1 Å². The molecule has 1 aliphatic carbocycles. The maximum Gasteiger partial charge on any atom is 0.260 e. The number of morpholine rings is 1. The highest BCUT2D eigenvalue weighted by molar-refractivity contribution is 5.81. The number of fused-ring (bicyclic) bond motifs is 5. The van der Waals surface area contributed by atoms with Gasteiger partial charge < -0.3 is 24.4 Å². The number of piperidine rings is 1. The molecule has 4 heterocycles. The summed E-state index contributed by atoms with van der Waals surface area (Å²) < 4.78 is 46.3. The maximum absolute atomic E-state index is 14.7. The second-order valence-corrected chi connectivity index (χ2v) is 9.30. The van der Waals surface area contributed by atoms with Gasteiger partial charge in [-0.25, -0.2) is 8.78 Å². The summed E-state index contributed by atoms with van der Waals surface area (Å²) in [6, 6.07) is 1.64. The van der Waals surface area contributed by atoms with Crippen LogP contribution in [0.1, 0.15) is 50.0 Å². The van der Waals surface area contributed by atoms with Crippen molar-refractivity contribution in [2.24, 2.45) is 0 Å². The van der Waals surface area contributed by atoms with E-state index in [1.807, 2.05) is 0 Å². The normalized spacial score (nSPS) is 33.3. The number of hydrogen-bond acceptors (Lipinski definition) is 5. The SMILES string of the molecule is O=C1COC[C@@]2(CCCN3C(=O)COc4cc(F)cc(F)c4[C@H]4CC[C@H](CC4)OCC32)N1. The second kappa shape index (κ2) is 8.59. The number of benzene rings is 1. The van der Waals surface area contributed by atoms with Crippen molar-refractivity contribution in [1.82, 2.24) is 10.2 Å². The summed E-state index contributed by atoms with van der Waals surface area (Å²) in [6.45, 7) is 0.743. The minimum atomic E-state index is -0.730. The van der Waals surface area contributed by atoms with E-state index in [-0.39, 0.29) is 49.4 Å². The number of rotatable bonds is 0. The zero-order valence-electron chi connectivity index (χ0n) is 17.9. The van der Waals surface area contributed by atoms with Gasteiger partial charge in [-0.3, -0.25) is 9.59 Å². The third-order valence-electron chi connectivity index (χ3n) is 7.32. The number of nitrogens with one attached hydrogen (secondary N) is 1. The van der Waals surface area contributed by atoms with Gasteiger partial charge in [0.25, 0.3) is 5.91 Å². The molecule has 4 aliphatic heterocycles. The van der Waals surface area contributed by atoms with Gasteiger partial charge in [0.2, 0.25) is 5.91 Å². The van der Waals surface area contributed by atoms with Crippen LogP contribution in [0, 0.1) is 11.6 Å². The predicted octanol–water partition coefficient (Wildman–Crippen LogP) is 2.28. The van der Waals surface area contributed by atoms with Gasteiger partial charge in [0.1, 0.15) is 24.0 Å². The molecular weight excluding hydrogens is 422 g/mol. The van der Waals surface area contributed by atoms with Crippen molar-refractivity contribution in [2.75, 3.05) is 33.0 Å². The second-order valence-electron chi connectivity index (χ2n) is 9.30. The Kier molecular flexibility index (Phi) is 5.79. The van der Waals surface area contributed by atoms with Crippen LogP contribution in [-0.2, 0) is 19.1 Å². The molecule has 1 N–H and O–H groups in total. The van der Waals surface area contributed by atoms with Crippen molar-refractivity contribution in [3.05, 3.63) is 29.3 Å². The highest BCUT2D eigenvalue weighted by Gasteiger charge is 2.50. The quantitative estimate of drug-likeness (QED) is 0.656. The van der Waals surface area contributed by atoms with Crippen molar-refractivity contribution in [3.8, 4) is 5.75 Å². The molecular formula is C23H28F2N2O5. The predicted molar refractivity (Wildman–Crippen MR) is 109 cm³/mol. The van der Waals surface area contributed by atoms with Crippen LogP contribution in [0.4, 0.5) is 8.78 Å². The van der Waals surface area contributed by atoms with E-state index in [0.717, 1.165) is 25.0 Å². The monoisotopic (exact) mass is 450 g/mol. The average Bonchev–Trinajstić information content (AvgIpc) is 2.77. The number of ether oxygens (including phenoxy) is 3. The molecule has 6 rings (SSSR count). The molecule has 1 unspecified atom stereocenters. The first-order valence-electron chi connectivity index (χ1n) is 11.4. The number of carbonyl (C=O) groups excluding carboxylic acids is 2. The summed E-state index contributed by atoms with van der Waals surface area (Å²) in [5.74, 6) is -1.89. The number of amides is 2. The zero-order chi connectivity index (χ0) is 22.3. The summed E-state index contributed by atoms with van der Waals surface area (Å²) in [6.07, 6.45) is 4.21. The van der Waals surface area contributed by atoms with E-state index < -0.39 is 23.2 Å². The minimum Gasteiger partial charge on any atom is -0.483 e. The minimum absolute atomic E-state index is 0.00428. The van der Waals surface area contributed by atoms with E-state index in [2.05, 4.69) is 5.32 Å². The molecule has 0 radical (unpaired) electrons. The number of hydrogen-bond donors (Lipinski definition) is 1. The fourth-order valence-electron chi connectivity index (χ4n) is 5.77. The van der Waals surface area contributed by atoms with Gasteiger partial charge in [-0.15, -0.1) is 0 Å². The van der Waals surface area contributed by atoms with Crippen molar-refractivity contribution in [2.45, 2.75) is 62.1 Å². The smallest absolute Gasteiger partial charge is 0.260 e. The Morgan fingerprint density at radius 2 is 1.91 bits per heavy atom. The topological polar surface area (TPSA) is 77.1 Å². The molecule has 1 spiro atoms. The van der Waals surface area contributed by atoms with E-state index >= 15 is 0 Å². The lowest BCUT2D eigenvalue weighted by Crippen LogP contribution is -2.72. The van der Waals surface area contributed by atoms with Crippen molar-refractivity contribution < 1.29 is 32.6 Å². The first-order valence-corrected chi connectivity index (χ1v) is 11.4. The molecule has 2 amide bonds. The van der Waals surface area contributed by atoms with Crippen LogP contribution in [0.25, 0.3) is 0 Å². The van der Waals surface area contributed by atoms with Gasteiger partial charge in [0.15, 0.2) is 6.61 Å². The fraction of sp³-hybridized carbons (Fsp3) is 0.652. The first-order chi connectivity index (χ1) is 15.4. The molecule has 7 nitrogen and oxygen atoms in total. The molecule has 0 aromatic heterocycles. The zero-order valence-corrected chi connectivity index (χ0v) is 17.9. The molecule has 1 aromatic rings. The fourth-order valence-corrected chi connectivity index (χ4v) is 5.77. The summed E-state index contributed by atoms with van der Waals surface area (Å²) >= 11 is 0. The van der Waals surface area contributed by atoms with E-state index in [1.54, 1.807) is 4.90 Å². The van der Waals surface area contributed by atoms with Crippen molar-refractivity contribution >= 4 is 11.8 Å². The van der Waals surface area contributed by atoms with E-state index in [1.165, 1.54) is 0 Å². The lowest BCUT2D eigenvalue weighted by Gasteiger charge is -2.51. The first kappa shape index (κ1) is 21.6. The largest absolute Gasteiger partial charge is 0.483 e. The van der Waals surface area contributed by atoms with Crippen molar-refractivity contribution in [1.29, 1.82) is 0 Å². The lowest BCUT2D eigenvalue weighted by atomic mass is 9.80. The summed E-state index contributed by atoms with van der Waals surface area (Å²) in [4.78, 5) is 27.1. The Morgan fingerprint density at radius 3 is 2.69 bits per heavy atom. The molecule has 2 bridgehead atoms. The standard InChI is InChI=1S/C23H28F2N2O5/c24-15-8-17(25)22-14-2-4-16(5-3-14)31-10-19-23(13-30-11-20(28)26-23)6-1-7-27(19)21(29)12-32-18(22)9-15/h8-9,14,16,19H,1-7,10-13H2,(H,26,28)/t14-,16+,19?,23-/m1/s1. The molecule has 174 valence electrons.